The molecule has 4 rings (SSSR count). The van der Waals surface area contributed by atoms with Crippen LogP contribution >= 0.6 is 22.7 Å². The number of rotatable bonds is 9. The fraction of sp³-hybridized carbons (Fsp3) is 0.292. The maximum Gasteiger partial charge on any atom is 0.278 e. The molecule has 2 amide bonds. The van der Waals surface area contributed by atoms with Crippen molar-refractivity contribution >= 4 is 50.4 Å². The number of aromatic nitrogens is 3. The molecule has 10 heteroatoms. The molecule has 0 aliphatic heterocycles. The molecule has 8 nitrogen and oxygen atoms in total. The minimum atomic E-state index is -0.404. The van der Waals surface area contributed by atoms with Gasteiger partial charge in [0.05, 0.1) is 22.5 Å². The Hall–Kier alpha value is -3.37. The Bertz CT molecular complexity index is 1390. The zero-order valence-corrected chi connectivity index (χ0v) is 20.6. The molecule has 3 heterocycles. The molecule has 0 spiro atoms. The quantitative estimate of drug-likeness (QED) is 0.329. The number of fused-ring (bicyclic) bond motifs is 1. The van der Waals surface area contributed by atoms with Gasteiger partial charge in [0.15, 0.2) is 10.8 Å². The number of nitrogens with zero attached hydrogens (tertiary/aromatic N) is 3. The smallest absolute Gasteiger partial charge is 0.278 e. The summed E-state index contributed by atoms with van der Waals surface area (Å²) in [5.41, 5.74) is 0.770. The van der Waals surface area contributed by atoms with Crippen LogP contribution < -0.4 is 16.2 Å². The van der Waals surface area contributed by atoms with Gasteiger partial charge in [0.1, 0.15) is 0 Å². The summed E-state index contributed by atoms with van der Waals surface area (Å²) >= 11 is 2.86. The number of carbonyl (C=O) groups is 2. The van der Waals surface area contributed by atoms with Crippen LogP contribution in [0.5, 0.6) is 0 Å². The third-order valence-corrected chi connectivity index (χ3v) is 7.07. The van der Waals surface area contributed by atoms with E-state index in [2.05, 4.69) is 27.6 Å². The number of thiophene rings is 1. The summed E-state index contributed by atoms with van der Waals surface area (Å²) < 4.78 is 1.39. The molecule has 0 bridgehead atoms. The first kappa shape index (κ1) is 23.8. The molecular formula is C24H25N5O3S2. The van der Waals surface area contributed by atoms with Gasteiger partial charge in [0.25, 0.3) is 11.5 Å². The van der Waals surface area contributed by atoms with Crippen LogP contribution in [-0.4, -0.2) is 26.6 Å². The fourth-order valence-electron chi connectivity index (χ4n) is 3.49. The summed E-state index contributed by atoms with van der Waals surface area (Å²) in [6.07, 6.45) is 2.84. The van der Waals surface area contributed by atoms with Gasteiger partial charge in [-0.15, -0.1) is 22.7 Å². The topological polar surface area (TPSA) is 106 Å². The highest BCUT2D eigenvalue weighted by Gasteiger charge is 2.18. The highest BCUT2D eigenvalue weighted by atomic mass is 32.1. The van der Waals surface area contributed by atoms with Gasteiger partial charge in [-0.25, -0.2) is 9.67 Å². The Kier molecular flexibility index (Phi) is 7.49. The number of nitrogens with one attached hydrogen (secondary N) is 2. The van der Waals surface area contributed by atoms with Crippen LogP contribution in [-0.2, 0) is 17.9 Å². The van der Waals surface area contributed by atoms with Gasteiger partial charge in [-0.05, 0) is 24.6 Å². The maximum absolute atomic E-state index is 13.2. The van der Waals surface area contributed by atoms with Crippen molar-refractivity contribution in [2.45, 2.75) is 46.2 Å². The molecule has 0 aliphatic rings. The lowest BCUT2D eigenvalue weighted by Crippen LogP contribution is -2.27. The van der Waals surface area contributed by atoms with Crippen molar-refractivity contribution < 1.29 is 9.59 Å². The van der Waals surface area contributed by atoms with E-state index in [0.717, 1.165) is 34.7 Å². The zero-order valence-electron chi connectivity index (χ0n) is 19.0. The molecule has 0 atom stereocenters. The van der Waals surface area contributed by atoms with E-state index in [0.29, 0.717) is 29.0 Å². The molecule has 4 aromatic rings. The zero-order chi connectivity index (χ0) is 24.1. The van der Waals surface area contributed by atoms with Gasteiger partial charge in [0, 0.05) is 29.1 Å². The van der Waals surface area contributed by atoms with Crippen molar-refractivity contribution in [2.75, 3.05) is 5.32 Å². The van der Waals surface area contributed by atoms with Crippen LogP contribution in [0.15, 0.2) is 46.6 Å². The first-order chi connectivity index (χ1) is 16.5. The molecule has 0 saturated heterocycles. The number of amides is 2. The molecule has 34 heavy (non-hydrogen) atoms. The number of hydrogen-bond donors (Lipinski definition) is 2. The highest BCUT2D eigenvalue weighted by molar-refractivity contribution is 7.17. The number of unbranched alkanes of at least 4 members (excludes halogenated alkanes) is 2. The minimum Gasteiger partial charge on any atom is -0.351 e. The van der Waals surface area contributed by atoms with E-state index in [4.69, 9.17) is 0 Å². The Morgan fingerprint density at radius 3 is 2.65 bits per heavy atom. The predicted molar refractivity (Wildman–Crippen MR) is 136 cm³/mol. The summed E-state index contributed by atoms with van der Waals surface area (Å²) in [5.74, 6) is -0.481. The van der Waals surface area contributed by atoms with Crippen LogP contribution in [0.4, 0.5) is 5.13 Å². The third kappa shape index (κ3) is 5.40. The molecule has 3 aromatic heterocycles. The summed E-state index contributed by atoms with van der Waals surface area (Å²) in [7, 11) is 0. The average Bonchev–Trinajstić information content (AvgIpc) is 3.49. The van der Waals surface area contributed by atoms with Crippen molar-refractivity contribution in [3.05, 3.63) is 62.7 Å². The fourth-order valence-corrected chi connectivity index (χ4v) is 5.18. The molecule has 0 unspecified atom stereocenters. The monoisotopic (exact) mass is 495 g/mol. The van der Waals surface area contributed by atoms with E-state index in [9.17, 15) is 14.4 Å². The predicted octanol–water partition coefficient (Wildman–Crippen LogP) is 4.66. The number of thiazole rings is 1. The van der Waals surface area contributed by atoms with Gasteiger partial charge in [-0.3, -0.25) is 19.7 Å². The first-order valence-electron chi connectivity index (χ1n) is 11.1. The first-order valence-corrected chi connectivity index (χ1v) is 12.8. The second-order valence-electron chi connectivity index (χ2n) is 7.80. The van der Waals surface area contributed by atoms with Crippen LogP contribution in [0, 0.1) is 0 Å². The van der Waals surface area contributed by atoms with E-state index in [-0.39, 0.29) is 17.2 Å². The average molecular weight is 496 g/mol. The number of carbonyl (C=O) groups excluding carboxylic acids is 2. The lowest BCUT2D eigenvalue weighted by Gasteiger charge is -2.10. The Morgan fingerprint density at radius 1 is 1.09 bits per heavy atom. The molecule has 1 aromatic carbocycles. The molecule has 176 valence electrons. The Balaban J connectivity index is 1.56. The summed E-state index contributed by atoms with van der Waals surface area (Å²) in [6.45, 7) is 4.52. The Morgan fingerprint density at radius 2 is 1.88 bits per heavy atom. The Labute approximate surface area is 204 Å². The third-order valence-electron chi connectivity index (χ3n) is 5.21. The summed E-state index contributed by atoms with van der Waals surface area (Å²) in [4.78, 5) is 43.6. The lowest BCUT2D eigenvalue weighted by atomic mass is 10.1. The lowest BCUT2D eigenvalue weighted by molar-refractivity contribution is -0.119. The number of aryl methyl sites for hydroxylation is 1. The second kappa shape index (κ2) is 10.7. The standard InChI is InChI=1S/C24H25N5O3S2/c1-3-4-7-12-29-23(32)18-9-6-5-8-17(18)21(28-29)22(31)27-24-26-19(14-33-24)20-11-10-16(34-20)13-25-15(2)30/h5-6,8-11,14H,3-4,7,12-13H2,1-2H3,(H,25,30)(H,26,27,31). The maximum atomic E-state index is 13.2. The highest BCUT2D eigenvalue weighted by Crippen LogP contribution is 2.31. The normalized spacial score (nSPS) is 11.0. The summed E-state index contributed by atoms with van der Waals surface area (Å²) in [5, 5.41) is 13.4. The molecule has 2 N–H and O–H groups in total. The van der Waals surface area contributed by atoms with E-state index < -0.39 is 5.91 Å². The van der Waals surface area contributed by atoms with E-state index in [1.165, 1.54) is 34.3 Å². The SMILES string of the molecule is CCCCCn1nc(C(=O)Nc2nc(-c3ccc(CNC(C)=O)s3)cs2)c2ccccc2c1=O. The van der Waals surface area contributed by atoms with Gasteiger partial charge in [-0.2, -0.15) is 5.10 Å². The van der Waals surface area contributed by atoms with Crippen LogP contribution in [0.2, 0.25) is 0 Å². The summed E-state index contributed by atoms with van der Waals surface area (Å²) in [6, 6.07) is 10.9. The van der Waals surface area contributed by atoms with E-state index in [1.807, 2.05) is 17.5 Å². The van der Waals surface area contributed by atoms with Gasteiger partial charge >= 0.3 is 0 Å². The number of anilines is 1. The minimum absolute atomic E-state index is 0.0774. The largest absolute Gasteiger partial charge is 0.351 e. The van der Waals surface area contributed by atoms with Crippen LogP contribution in [0.1, 0.15) is 48.5 Å². The number of benzene rings is 1. The van der Waals surface area contributed by atoms with E-state index in [1.54, 1.807) is 24.3 Å². The van der Waals surface area contributed by atoms with Gasteiger partial charge in [-0.1, -0.05) is 38.0 Å². The van der Waals surface area contributed by atoms with Crippen molar-refractivity contribution in [2.24, 2.45) is 0 Å². The molecule has 0 aliphatic carbocycles. The van der Waals surface area contributed by atoms with Crippen molar-refractivity contribution in [3.8, 4) is 10.6 Å². The van der Waals surface area contributed by atoms with Gasteiger partial charge in [0.2, 0.25) is 5.91 Å². The van der Waals surface area contributed by atoms with Crippen molar-refractivity contribution in [1.29, 1.82) is 0 Å². The molecular weight excluding hydrogens is 470 g/mol. The van der Waals surface area contributed by atoms with Gasteiger partial charge < -0.3 is 5.32 Å². The molecule has 0 fully saturated rings. The van der Waals surface area contributed by atoms with Crippen LogP contribution in [0.3, 0.4) is 0 Å². The van der Waals surface area contributed by atoms with Crippen molar-refractivity contribution in [1.82, 2.24) is 20.1 Å². The molecule has 0 saturated carbocycles. The van der Waals surface area contributed by atoms with Crippen LogP contribution in [0.25, 0.3) is 21.3 Å². The van der Waals surface area contributed by atoms with Crippen molar-refractivity contribution in [3.63, 3.8) is 0 Å². The molecule has 0 radical (unpaired) electrons. The second-order valence-corrected chi connectivity index (χ2v) is 9.82. The van der Waals surface area contributed by atoms with E-state index >= 15 is 0 Å². The number of hydrogen-bond acceptors (Lipinski definition) is 7.